The normalized spacial score (nSPS) is 18.0. The summed E-state index contributed by atoms with van der Waals surface area (Å²) in [7, 11) is -2.78. The van der Waals surface area contributed by atoms with Crippen molar-refractivity contribution >= 4 is 33.5 Å². The topological polar surface area (TPSA) is 142 Å². The molecular formula is C15H15N3O7S. The molecular weight excluding hydrogens is 366 g/mol. The Bertz CT molecular complexity index is 952. The number of aliphatic hydroxyl groups excluding tert-OH is 1. The van der Waals surface area contributed by atoms with Crippen LogP contribution in [0.5, 0.6) is 0 Å². The molecule has 11 heteroatoms. The van der Waals surface area contributed by atoms with Gasteiger partial charge in [-0.25, -0.2) is 17.9 Å². The molecule has 1 aromatic rings. The molecule has 0 aromatic heterocycles. The first kappa shape index (κ1) is 17.9. The van der Waals surface area contributed by atoms with Crippen LogP contribution in [0.2, 0.25) is 0 Å². The summed E-state index contributed by atoms with van der Waals surface area (Å²) in [6.45, 7) is -0.294. The molecule has 2 aliphatic rings. The van der Waals surface area contributed by atoms with Crippen LogP contribution in [0, 0.1) is 0 Å². The number of hydrogen-bond acceptors (Lipinski definition) is 8. The molecule has 10 nitrogen and oxygen atoms in total. The number of amides is 2. The van der Waals surface area contributed by atoms with Crippen LogP contribution in [0.15, 0.2) is 34.4 Å². The van der Waals surface area contributed by atoms with E-state index in [1.54, 1.807) is 0 Å². The Kier molecular flexibility index (Phi) is 4.42. The van der Waals surface area contributed by atoms with E-state index in [1.165, 1.54) is 30.2 Å². The molecule has 2 aliphatic heterocycles. The van der Waals surface area contributed by atoms with E-state index in [1.807, 2.05) is 4.72 Å². The van der Waals surface area contributed by atoms with Crippen molar-refractivity contribution in [1.82, 2.24) is 9.62 Å². The second kappa shape index (κ2) is 6.42. The molecule has 1 aromatic carbocycles. The van der Waals surface area contributed by atoms with Gasteiger partial charge in [0.1, 0.15) is 10.6 Å². The lowest BCUT2D eigenvalue weighted by Gasteiger charge is -2.15. The number of benzene rings is 1. The molecule has 138 valence electrons. The minimum absolute atomic E-state index is 0.00243. The number of hydrogen-bond donors (Lipinski definition) is 3. The number of methoxy groups -OCH3 is 1. The van der Waals surface area contributed by atoms with Crippen molar-refractivity contribution in [2.75, 3.05) is 32.1 Å². The predicted molar refractivity (Wildman–Crippen MR) is 87.4 cm³/mol. The molecule has 26 heavy (non-hydrogen) atoms. The van der Waals surface area contributed by atoms with Gasteiger partial charge in [-0.05, 0) is 18.2 Å². The Morgan fingerprint density at radius 3 is 2.77 bits per heavy atom. The van der Waals surface area contributed by atoms with Gasteiger partial charge in [0, 0.05) is 12.2 Å². The van der Waals surface area contributed by atoms with Gasteiger partial charge < -0.3 is 20.1 Å². The van der Waals surface area contributed by atoms with Gasteiger partial charge in [0.2, 0.25) is 0 Å². The van der Waals surface area contributed by atoms with E-state index in [0.717, 1.165) is 0 Å². The van der Waals surface area contributed by atoms with Gasteiger partial charge in [0.05, 0.1) is 31.4 Å². The fourth-order valence-corrected chi connectivity index (χ4v) is 3.93. The predicted octanol–water partition coefficient (Wildman–Crippen LogP) is -1.21. The summed E-state index contributed by atoms with van der Waals surface area (Å²) in [5.41, 5.74) is 0.195. The second-order valence-electron chi connectivity index (χ2n) is 5.57. The highest BCUT2D eigenvalue weighted by Gasteiger charge is 2.36. The maximum atomic E-state index is 12.4. The van der Waals surface area contributed by atoms with E-state index in [9.17, 15) is 22.8 Å². The highest BCUT2D eigenvalue weighted by molar-refractivity contribution is 7.90. The van der Waals surface area contributed by atoms with E-state index in [2.05, 4.69) is 10.1 Å². The van der Waals surface area contributed by atoms with Crippen molar-refractivity contribution in [3.8, 4) is 0 Å². The fourth-order valence-electron chi connectivity index (χ4n) is 2.74. The number of carbonyl (C=O) groups is 3. The number of rotatable bonds is 5. The molecule has 0 fully saturated rings. The lowest BCUT2D eigenvalue weighted by molar-refractivity contribution is -0.136. The third-order valence-electron chi connectivity index (χ3n) is 3.97. The summed E-state index contributed by atoms with van der Waals surface area (Å²) in [5.74, 6) is -1.98. The molecule has 3 N–H and O–H groups in total. The molecule has 2 amide bonds. The zero-order chi connectivity index (χ0) is 19.1. The van der Waals surface area contributed by atoms with Crippen LogP contribution in [-0.4, -0.2) is 63.0 Å². The van der Waals surface area contributed by atoms with Crippen molar-refractivity contribution < 1.29 is 32.6 Å². The minimum atomic E-state index is -3.95. The Balaban J connectivity index is 1.98. The molecule has 0 unspecified atom stereocenters. The standard InChI is InChI=1S/C15H15N3O7S/c1-25-15(22)10-7-18(4-5-19)14(21)12(10)16-8-2-3-9-11(6-8)26(23,24)17-13(9)20/h2-3,6,16,19H,4-5,7H2,1H3,(H,17,20). The van der Waals surface area contributed by atoms with Crippen LogP contribution in [0.25, 0.3) is 0 Å². The molecule has 0 bridgehead atoms. The zero-order valence-corrected chi connectivity index (χ0v) is 14.4. The van der Waals surface area contributed by atoms with Crippen molar-refractivity contribution in [1.29, 1.82) is 0 Å². The van der Waals surface area contributed by atoms with Gasteiger partial charge >= 0.3 is 5.97 Å². The minimum Gasteiger partial charge on any atom is -0.466 e. The smallest absolute Gasteiger partial charge is 0.337 e. The summed E-state index contributed by atoms with van der Waals surface area (Å²) in [6, 6.07) is 3.93. The zero-order valence-electron chi connectivity index (χ0n) is 13.6. The summed E-state index contributed by atoms with van der Waals surface area (Å²) in [4.78, 5) is 37.0. The van der Waals surface area contributed by atoms with E-state index in [4.69, 9.17) is 5.11 Å². The van der Waals surface area contributed by atoms with Crippen molar-refractivity contribution in [3.05, 3.63) is 35.0 Å². The summed E-state index contributed by atoms with van der Waals surface area (Å²) in [5, 5.41) is 11.8. The van der Waals surface area contributed by atoms with Crippen LogP contribution in [0.3, 0.4) is 0 Å². The van der Waals surface area contributed by atoms with Gasteiger partial charge in [-0.15, -0.1) is 0 Å². The van der Waals surface area contributed by atoms with Crippen LogP contribution in [0.4, 0.5) is 5.69 Å². The van der Waals surface area contributed by atoms with Crippen molar-refractivity contribution in [3.63, 3.8) is 0 Å². The number of nitrogens with zero attached hydrogens (tertiary/aromatic N) is 1. The number of β-amino-alcohol motifs (C(OH)–C–C–N with tert-alkyl or cyclic N) is 1. The molecule has 0 atom stereocenters. The number of anilines is 1. The van der Waals surface area contributed by atoms with Gasteiger partial charge in [-0.2, -0.15) is 0 Å². The first-order valence-electron chi connectivity index (χ1n) is 7.48. The Morgan fingerprint density at radius 2 is 2.12 bits per heavy atom. The van der Waals surface area contributed by atoms with Crippen molar-refractivity contribution in [2.24, 2.45) is 0 Å². The number of ether oxygens (including phenoxy) is 1. The fraction of sp³-hybridized carbons (Fsp3) is 0.267. The summed E-state index contributed by atoms with van der Waals surface area (Å²) >= 11 is 0. The molecule has 3 rings (SSSR count). The summed E-state index contributed by atoms with van der Waals surface area (Å²) in [6.07, 6.45) is 0. The lowest BCUT2D eigenvalue weighted by atomic mass is 10.2. The number of aliphatic hydroxyl groups is 1. The Morgan fingerprint density at radius 1 is 1.38 bits per heavy atom. The third-order valence-corrected chi connectivity index (χ3v) is 5.34. The molecule has 0 spiro atoms. The number of esters is 1. The maximum Gasteiger partial charge on any atom is 0.337 e. The number of sulfonamides is 1. The van der Waals surface area contributed by atoms with Gasteiger partial charge in [0.25, 0.3) is 21.8 Å². The second-order valence-corrected chi connectivity index (χ2v) is 7.22. The van der Waals surface area contributed by atoms with E-state index in [0.29, 0.717) is 0 Å². The number of fused-ring (bicyclic) bond motifs is 1. The van der Waals surface area contributed by atoms with Crippen molar-refractivity contribution in [2.45, 2.75) is 4.90 Å². The molecule has 0 saturated heterocycles. The highest BCUT2D eigenvalue weighted by Crippen LogP contribution is 2.28. The SMILES string of the molecule is COC(=O)C1=C(Nc2ccc3c(c2)S(=O)(=O)NC3=O)C(=O)N(CCO)C1. The largest absolute Gasteiger partial charge is 0.466 e. The Labute approximate surface area is 148 Å². The Hall–Kier alpha value is -2.92. The number of carbonyl (C=O) groups excluding carboxylic acids is 3. The van der Waals surface area contributed by atoms with Crippen LogP contribution >= 0.6 is 0 Å². The molecule has 0 radical (unpaired) electrons. The van der Waals surface area contributed by atoms with E-state index < -0.39 is 27.8 Å². The highest BCUT2D eigenvalue weighted by atomic mass is 32.2. The first-order valence-corrected chi connectivity index (χ1v) is 8.96. The average Bonchev–Trinajstić information content (AvgIpc) is 3.02. The third kappa shape index (κ3) is 2.91. The van der Waals surface area contributed by atoms with Crippen LogP contribution in [0.1, 0.15) is 10.4 Å². The first-order chi connectivity index (χ1) is 12.3. The summed E-state index contributed by atoms with van der Waals surface area (Å²) < 4.78 is 30.4. The molecule has 0 saturated carbocycles. The average molecular weight is 381 g/mol. The lowest BCUT2D eigenvalue weighted by Crippen LogP contribution is -2.31. The monoisotopic (exact) mass is 381 g/mol. The molecule has 0 aliphatic carbocycles. The van der Waals surface area contributed by atoms with Gasteiger partial charge in [0.15, 0.2) is 0 Å². The molecule has 2 heterocycles. The van der Waals surface area contributed by atoms with E-state index in [-0.39, 0.29) is 47.1 Å². The van der Waals surface area contributed by atoms with E-state index >= 15 is 0 Å². The van der Waals surface area contributed by atoms with Gasteiger partial charge in [-0.3, -0.25) is 9.59 Å². The van der Waals surface area contributed by atoms with Crippen LogP contribution in [-0.2, 0) is 24.3 Å². The quantitative estimate of drug-likeness (QED) is 0.540. The van der Waals surface area contributed by atoms with Gasteiger partial charge in [-0.1, -0.05) is 0 Å². The maximum absolute atomic E-state index is 12.4. The number of nitrogens with one attached hydrogen (secondary N) is 2. The van der Waals surface area contributed by atoms with Crippen LogP contribution < -0.4 is 10.0 Å².